The highest BCUT2D eigenvalue weighted by molar-refractivity contribution is 5.87. The molecule has 1 aliphatic carbocycles. The molecule has 0 aromatic heterocycles. The molecule has 5 heteroatoms. The van der Waals surface area contributed by atoms with Crippen molar-refractivity contribution < 1.29 is 14.3 Å². The average Bonchev–Trinajstić information content (AvgIpc) is 2.86. The molecule has 5 nitrogen and oxygen atoms in total. The average molecular weight is 212 g/mol. The summed E-state index contributed by atoms with van der Waals surface area (Å²) in [6, 6.07) is 0.345. The third kappa shape index (κ3) is 3.20. The van der Waals surface area contributed by atoms with E-state index in [4.69, 9.17) is 4.74 Å². The Labute approximate surface area is 88.5 Å². The van der Waals surface area contributed by atoms with E-state index in [0.717, 1.165) is 25.7 Å². The highest BCUT2D eigenvalue weighted by Gasteiger charge is 2.25. The normalized spacial score (nSPS) is 24.9. The zero-order valence-corrected chi connectivity index (χ0v) is 8.62. The molecule has 84 valence electrons. The van der Waals surface area contributed by atoms with Gasteiger partial charge in [0.15, 0.2) is 0 Å². The summed E-state index contributed by atoms with van der Waals surface area (Å²) in [6.45, 7) is 0.710. The van der Waals surface area contributed by atoms with E-state index < -0.39 is 0 Å². The number of amides is 2. The van der Waals surface area contributed by atoms with Crippen molar-refractivity contribution in [2.45, 2.75) is 37.8 Å². The van der Waals surface area contributed by atoms with Crippen LogP contribution in [0.3, 0.4) is 0 Å². The molecule has 0 spiro atoms. The number of carbonyl (C=O) groups is 2. The van der Waals surface area contributed by atoms with E-state index in [-0.39, 0.29) is 24.5 Å². The van der Waals surface area contributed by atoms with Crippen molar-refractivity contribution in [1.82, 2.24) is 10.6 Å². The van der Waals surface area contributed by atoms with Gasteiger partial charge < -0.3 is 15.4 Å². The highest BCUT2D eigenvalue weighted by atomic mass is 16.5. The molecule has 2 amide bonds. The van der Waals surface area contributed by atoms with Crippen molar-refractivity contribution >= 4 is 11.8 Å². The van der Waals surface area contributed by atoms with Crippen LogP contribution in [0.15, 0.2) is 0 Å². The van der Waals surface area contributed by atoms with Crippen molar-refractivity contribution in [2.24, 2.45) is 0 Å². The van der Waals surface area contributed by atoms with Crippen LogP contribution < -0.4 is 10.6 Å². The van der Waals surface area contributed by atoms with E-state index in [1.807, 2.05) is 0 Å². The summed E-state index contributed by atoms with van der Waals surface area (Å²) in [4.78, 5) is 22.7. The molecule has 0 aromatic carbocycles. The van der Waals surface area contributed by atoms with Gasteiger partial charge in [0.1, 0.15) is 6.10 Å². The summed E-state index contributed by atoms with van der Waals surface area (Å²) in [6.07, 6.45) is 3.46. The number of ether oxygens (including phenoxy) is 1. The van der Waals surface area contributed by atoms with Crippen LogP contribution in [0.1, 0.15) is 25.7 Å². The minimum absolute atomic E-state index is 0.0647. The Balaban J connectivity index is 1.62. The fourth-order valence-electron chi connectivity index (χ4n) is 1.57. The highest BCUT2D eigenvalue weighted by Crippen LogP contribution is 2.18. The number of nitrogens with one attached hydrogen (secondary N) is 2. The van der Waals surface area contributed by atoms with Crippen LogP contribution >= 0.6 is 0 Å². The quantitative estimate of drug-likeness (QED) is 0.664. The first-order chi connectivity index (χ1) is 7.25. The first kappa shape index (κ1) is 10.4. The van der Waals surface area contributed by atoms with Gasteiger partial charge in [0.05, 0.1) is 6.54 Å². The summed E-state index contributed by atoms with van der Waals surface area (Å²) in [5.41, 5.74) is 0. The summed E-state index contributed by atoms with van der Waals surface area (Å²) < 4.78 is 5.20. The summed E-state index contributed by atoms with van der Waals surface area (Å²) >= 11 is 0. The third-order valence-corrected chi connectivity index (χ3v) is 2.59. The van der Waals surface area contributed by atoms with Crippen LogP contribution in [0, 0.1) is 0 Å². The van der Waals surface area contributed by atoms with Crippen molar-refractivity contribution in [3.8, 4) is 0 Å². The Kier molecular flexibility index (Phi) is 3.20. The Morgan fingerprint density at radius 1 is 1.27 bits per heavy atom. The monoisotopic (exact) mass is 212 g/mol. The van der Waals surface area contributed by atoms with Gasteiger partial charge in [-0.3, -0.25) is 9.59 Å². The maximum absolute atomic E-state index is 11.4. The lowest BCUT2D eigenvalue weighted by atomic mass is 10.2. The topological polar surface area (TPSA) is 67.4 Å². The van der Waals surface area contributed by atoms with Crippen LogP contribution in [0.4, 0.5) is 0 Å². The summed E-state index contributed by atoms with van der Waals surface area (Å²) in [7, 11) is 0. The van der Waals surface area contributed by atoms with Crippen LogP contribution in [-0.2, 0) is 14.3 Å². The van der Waals surface area contributed by atoms with E-state index in [9.17, 15) is 9.59 Å². The molecular formula is C10H16N2O3. The SMILES string of the molecule is O=C(CNC(=O)C1CCCO1)NC1CC1. The smallest absolute Gasteiger partial charge is 0.249 e. The fraction of sp³-hybridized carbons (Fsp3) is 0.800. The zero-order valence-electron chi connectivity index (χ0n) is 8.62. The molecule has 2 N–H and O–H groups in total. The minimum Gasteiger partial charge on any atom is -0.368 e. The number of hydrogen-bond acceptors (Lipinski definition) is 3. The second kappa shape index (κ2) is 4.61. The first-order valence-corrected chi connectivity index (χ1v) is 5.44. The van der Waals surface area contributed by atoms with Gasteiger partial charge in [0.2, 0.25) is 11.8 Å². The van der Waals surface area contributed by atoms with Gasteiger partial charge in [-0.15, -0.1) is 0 Å². The van der Waals surface area contributed by atoms with Gasteiger partial charge in [-0.05, 0) is 25.7 Å². The van der Waals surface area contributed by atoms with Gasteiger partial charge in [0, 0.05) is 12.6 Å². The van der Waals surface area contributed by atoms with Crippen molar-refractivity contribution in [3.05, 3.63) is 0 Å². The van der Waals surface area contributed by atoms with Crippen molar-refractivity contribution in [2.75, 3.05) is 13.2 Å². The molecular weight excluding hydrogens is 196 g/mol. The summed E-state index contributed by atoms with van der Waals surface area (Å²) in [5.74, 6) is -0.276. The molecule has 0 aromatic rings. The van der Waals surface area contributed by atoms with E-state index in [2.05, 4.69) is 10.6 Å². The molecule has 1 saturated carbocycles. The van der Waals surface area contributed by atoms with Crippen LogP contribution in [0.5, 0.6) is 0 Å². The molecule has 2 rings (SSSR count). The zero-order chi connectivity index (χ0) is 10.7. The number of carbonyl (C=O) groups excluding carboxylic acids is 2. The number of hydrogen-bond donors (Lipinski definition) is 2. The summed E-state index contributed by atoms with van der Waals surface area (Å²) in [5, 5.41) is 5.39. The lowest BCUT2D eigenvalue weighted by Crippen LogP contribution is -2.41. The number of rotatable bonds is 4. The molecule has 1 atom stereocenters. The predicted molar refractivity (Wildman–Crippen MR) is 53.1 cm³/mol. The second-order valence-corrected chi connectivity index (χ2v) is 4.06. The predicted octanol–water partition coefficient (Wildman–Crippen LogP) is -0.440. The lowest BCUT2D eigenvalue weighted by Gasteiger charge is -2.10. The molecule has 15 heavy (non-hydrogen) atoms. The van der Waals surface area contributed by atoms with Crippen molar-refractivity contribution in [1.29, 1.82) is 0 Å². The third-order valence-electron chi connectivity index (χ3n) is 2.59. The lowest BCUT2D eigenvalue weighted by molar-refractivity contribution is -0.132. The Morgan fingerprint density at radius 2 is 2.07 bits per heavy atom. The van der Waals surface area contributed by atoms with Gasteiger partial charge >= 0.3 is 0 Å². The van der Waals surface area contributed by atoms with E-state index >= 15 is 0 Å². The maximum Gasteiger partial charge on any atom is 0.249 e. The van der Waals surface area contributed by atoms with Crippen molar-refractivity contribution in [3.63, 3.8) is 0 Å². The van der Waals surface area contributed by atoms with E-state index in [1.54, 1.807) is 0 Å². The standard InChI is InChI=1S/C10H16N2O3/c13-9(12-7-3-4-7)6-11-10(14)8-2-1-5-15-8/h7-8H,1-6H2,(H,11,14)(H,12,13). The molecule has 2 aliphatic rings. The van der Waals surface area contributed by atoms with E-state index in [0.29, 0.717) is 12.6 Å². The Hall–Kier alpha value is -1.10. The molecule has 1 unspecified atom stereocenters. The minimum atomic E-state index is -0.348. The van der Waals surface area contributed by atoms with Gasteiger partial charge in [-0.2, -0.15) is 0 Å². The van der Waals surface area contributed by atoms with Gasteiger partial charge in [-0.1, -0.05) is 0 Å². The molecule has 2 fully saturated rings. The maximum atomic E-state index is 11.4. The van der Waals surface area contributed by atoms with Crippen LogP contribution in [0.2, 0.25) is 0 Å². The molecule has 1 heterocycles. The fourth-order valence-corrected chi connectivity index (χ4v) is 1.57. The van der Waals surface area contributed by atoms with Crippen LogP contribution in [-0.4, -0.2) is 37.1 Å². The molecule has 0 bridgehead atoms. The Morgan fingerprint density at radius 3 is 2.67 bits per heavy atom. The molecule has 0 radical (unpaired) electrons. The largest absolute Gasteiger partial charge is 0.368 e. The Bertz CT molecular complexity index is 257. The molecule has 1 aliphatic heterocycles. The molecule has 1 saturated heterocycles. The van der Waals surface area contributed by atoms with Crippen LogP contribution in [0.25, 0.3) is 0 Å². The van der Waals surface area contributed by atoms with Gasteiger partial charge in [0.25, 0.3) is 0 Å². The van der Waals surface area contributed by atoms with Gasteiger partial charge in [-0.25, -0.2) is 0 Å². The first-order valence-electron chi connectivity index (χ1n) is 5.44. The van der Waals surface area contributed by atoms with E-state index in [1.165, 1.54) is 0 Å². The second-order valence-electron chi connectivity index (χ2n) is 4.06.